The van der Waals surface area contributed by atoms with Gasteiger partial charge in [-0.1, -0.05) is 42.5 Å². The highest BCUT2D eigenvalue weighted by atomic mass is 35.5. The van der Waals surface area contributed by atoms with Crippen LogP contribution in [0.3, 0.4) is 0 Å². The number of urea groups is 1. The maximum Gasteiger partial charge on any atom is 0.326 e. The lowest BCUT2D eigenvalue weighted by Gasteiger charge is -2.20. The van der Waals surface area contributed by atoms with Crippen LogP contribution in [0.4, 0.5) is 16.4 Å². The van der Waals surface area contributed by atoms with Crippen LogP contribution in [0.25, 0.3) is 0 Å². The molecule has 3 N–H and O–H groups in total. The monoisotopic (exact) mass is 434 g/mol. The van der Waals surface area contributed by atoms with Gasteiger partial charge in [0.05, 0.1) is 16.1 Å². The zero-order valence-corrected chi connectivity index (χ0v) is 17.9. The molecule has 2 aromatic rings. The number of rotatable bonds is 3. The third-order valence-corrected chi connectivity index (χ3v) is 5.25. The van der Waals surface area contributed by atoms with E-state index in [1.807, 2.05) is 19.9 Å². The summed E-state index contributed by atoms with van der Waals surface area (Å²) in [6.45, 7) is 3.78. The Balaban J connectivity index is 1.75. The van der Waals surface area contributed by atoms with Gasteiger partial charge in [-0.05, 0) is 51.0 Å². The first-order valence-corrected chi connectivity index (χ1v) is 10.3. The predicted molar refractivity (Wildman–Crippen MR) is 118 cm³/mol. The van der Waals surface area contributed by atoms with Gasteiger partial charge in [-0.25, -0.2) is 19.8 Å². The van der Waals surface area contributed by atoms with Crippen LogP contribution in [0, 0.1) is 13.8 Å². The van der Waals surface area contributed by atoms with Gasteiger partial charge in [-0.2, -0.15) is 0 Å². The summed E-state index contributed by atoms with van der Waals surface area (Å²) >= 11 is 11.9. The van der Waals surface area contributed by atoms with Crippen LogP contribution < -0.4 is 16.0 Å². The highest BCUT2D eigenvalue weighted by Crippen LogP contribution is 2.25. The van der Waals surface area contributed by atoms with E-state index in [0.29, 0.717) is 27.6 Å². The Morgan fingerprint density at radius 1 is 1.00 bits per heavy atom. The number of guanidine groups is 1. The van der Waals surface area contributed by atoms with E-state index in [1.165, 1.54) is 6.42 Å². The first-order chi connectivity index (χ1) is 13.9. The van der Waals surface area contributed by atoms with E-state index in [0.717, 1.165) is 37.1 Å². The number of carbonyl (C=O) groups is 1. The molecule has 154 valence electrons. The topological polar surface area (TPSA) is 91.3 Å². The number of nitrogens with zero attached hydrogens (tertiary/aromatic N) is 3. The van der Waals surface area contributed by atoms with Gasteiger partial charge in [0, 0.05) is 17.1 Å². The fourth-order valence-corrected chi connectivity index (χ4v) is 3.52. The molecule has 2 amide bonds. The van der Waals surface area contributed by atoms with Gasteiger partial charge < -0.3 is 5.32 Å². The van der Waals surface area contributed by atoms with Crippen LogP contribution in [0.2, 0.25) is 10.0 Å². The van der Waals surface area contributed by atoms with Gasteiger partial charge in [0.25, 0.3) is 0 Å². The molecule has 7 nitrogen and oxygen atoms in total. The Morgan fingerprint density at radius 3 is 2.34 bits per heavy atom. The number of benzene rings is 1. The van der Waals surface area contributed by atoms with Crippen molar-refractivity contribution in [1.29, 1.82) is 0 Å². The van der Waals surface area contributed by atoms with Gasteiger partial charge in [0.1, 0.15) is 0 Å². The van der Waals surface area contributed by atoms with Crippen molar-refractivity contribution in [2.45, 2.75) is 52.0 Å². The summed E-state index contributed by atoms with van der Waals surface area (Å²) in [6.07, 6.45) is 5.48. The van der Waals surface area contributed by atoms with E-state index in [9.17, 15) is 4.79 Å². The maximum absolute atomic E-state index is 12.5. The van der Waals surface area contributed by atoms with Crippen molar-refractivity contribution in [3.63, 3.8) is 0 Å². The molecule has 0 aliphatic heterocycles. The highest BCUT2D eigenvalue weighted by Gasteiger charge is 2.16. The van der Waals surface area contributed by atoms with E-state index in [2.05, 4.69) is 25.9 Å². The summed E-state index contributed by atoms with van der Waals surface area (Å²) in [5, 5.41) is 9.34. The summed E-state index contributed by atoms with van der Waals surface area (Å²) in [6, 6.07) is 6.47. The molecule has 3 rings (SSSR count). The molecule has 0 bridgehead atoms. The predicted octanol–water partition coefficient (Wildman–Crippen LogP) is 5.32. The molecule has 0 spiro atoms. The average Bonchev–Trinajstić information content (AvgIpc) is 2.64. The number of halogens is 2. The third-order valence-electron chi connectivity index (χ3n) is 4.51. The van der Waals surface area contributed by atoms with Crippen LogP contribution in [-0.4, -0.2) is 28.0 Å². The zero-order valence-electron chi connectivity index (χ0n) is 16.4. The van der Waals surface area contributed by atoms with Crippen molar-refractivity contribution in [1.82, 2.24) is 15.3 Å². The van der Waals surface area contributed by atoms with Crippen molar-refractivity contribution in [3.8, 4) is 0 Å². The van der Waals surface area contributed by atoms with Crippen LogP contribution in [0.5, 0.6) is 0 Å². The lowest BCUT2D eigenvalue weighted by Crippen LogP contribution is -2.40. The molecular weight excluding hydrogens is 411 g/mol. The Morgan fingerprint density at radius 2 is 1.69 bits per heavy atom. The molecule has 1 aromatic carbocycles. The maximum atomic E-state index is 12.5. The largest absolute Gasteiger partial charge is 0.326 e. The first-order valence-electron chi connectivity index (χ1n) is 9.59. The van der Waals surface area contributed by atoms with E-state index < -0.39 is 6.03 Å². The van der Waals surface area contributed by atoms with Gasteiger partial charge in [-0.3, -0.25) is 10.6 Å². The van der Waals surface area contributed by atoms with Crippen LogP contribution in [0.15, 0.2) is 29.3 Å². The number of aliphatic imine (C=N–C) groups is 1. The molecule has 1 aliphatic carbocycles. The van der Waals surface area contributed by atoms with Crippen molar-refractivity contribution in [3.05, 3.63) is 45.7 Å². The van der Waals surface area contributed by atoms with E-state index in [1.54, 1.807) is 18.2 Å². The van der Waals surface area contributed by atoms with Crippen molar-refractivity contribution in [2.24, 2.45) is 4.99 Å². The minimum absolute atomic E-state index is 0.155. The fraction of sp³-hybridized carbons (Fsp3) is 0.400. The molecule has 0 atom stereocenters. The summed E-state index contributed by atoms with van der Waals surface area (Å²) in [5.74, 6) is 0.714. The van der Waals surface area contributed by atoms with Crippen molar-refractivity contribution in [2.75, 3.05) is 10.6 Å². The second-order valence-electron chi connectivity index (χ2n) is 7.08. The van der Waals surface area contributed by atoms with Crippen LogP contribution >= 0.6 is 23.2 Å². The second-order valence-corrected chi connectivity index (χ2v) is 7.89. The number of anilines is 2. The Bertz CT molecular complexity index is 892. The Hall–Kier alpha value is -2.38. The molecule has 9 heteroatoms. The number of nitrogens with one attached hydrogen (secondary N) is 3. The average molecular weight is 435 g/mol. The van der Waals surface area contributed by atoms with Crippen LogP contribution in [-0.2, 0) is 0 Å². The molecule has 0 radical (unpaired) electrons. The number of carbonyl (C=O) groups excluding carboxylic acids is 1. The molecule has 1 heterocycles. The van der Waals surface area contributed by atoms with Gasteiger partial charge in [0.2, 0.25) is 11.9 Å². The summed E-state index contributed by atoms with van der Waals surface area (Å²) in [5.41, 5.74) is 2.19. The summed E-state index contributed by atoms with van der Waals surface area (Å²) in [7, 11) is 0. The van der Waals surface area contributed by atoms with Gasteiger partial charge in [0.15, 0.2) is 0 Å². The zero-order chi connectivity index (χ0) is 20.8. The molecule has 29 heavy (non-hydrogen) atoms. The van der Waals surface area contributed by atoms with Gasteiger partial charge >= 0.3 is 6.03 Å². The highest BCUT2D eigenvalue weighted by molar-refractivity contribution is 6.42. The lowest BCUT2D eigenvalue weighted by molar-refractivity contribution is 0.256. The van der Waals surface area contributed by atoms with Gasteiger partial charge in [-0.15, -0.1) is 0 Å². The normalized spacial score (nSPS) is 15.1. The summed E-state index contributed by atoms with van der Waals surface area (Å²) in [4.78, 5) is 26.0. The lowest BCUT2D eigenvalue weighted by atomic mass is 9.96. The quantitative estimate of drug-likeness (QED) is 0.449. The third kappa shape index (κ3) is 6.58. The molecule has 0 unspecified atom stereocenters. The molecule has 1 fully saturated rings. The minimum atomic E-state index is -0.449. The molecule has 1 aliphatic rings. The molecule has 1 aromatic heterocycles. The van der Waals surface area contributed by atoms with Crippen molar-refractivity contribution < 1.29 is 4.79 Å². The number of aromatic nitrogens is 2. The fourth-order valence-electron chi connectivity index (χ4n) is 3.22. The van der Waals surface area contributed by atoms with Crippen molar-refractivity contribution >= 4 is 46.8 Å². The number of aryl methyl sites for hydroxylation is 2. The van der Waals surface area contributed by atoms with Crippen LogP contribution in [0.1, 0.15) is 43.5 Å². The smallest absolute Gasteiger partial charge is 0.308 e. The molecule has 0 saturated heterocycles. The molecular formula is C20H24Cl2N6O. The number of hydrogen-bond donors (Lipinski definition) is 3. The molecule has 1 saturated carbocycles. The standard InChI is InChI=1S/C20H24Cl2N6O/c1-12-10-13(2)24-18(23-12)27-19(25-14-6-4-3-5-7-14)28-20(29)26-15-8-9-16(21)17(22)11-15/h8-11,14H,3-7H2,1-2H3,(H3,23,24,25,26,27,28,29). The first kappa shape index (κ1) is 21.3. The SMILES string of the molecule is Cc1cc(C)nc(NC(=NC2CCCCC2)NC(=O)Nc2ccc(Cl)c(Cl)c2)n1. The second kappa shape index (κ2) is 9.89. The van der Waals surface area contributed by atoms with E-state index >= 15 is 0 Å². The summed E-state index contributed by atoms with van der Waals surface area (Å²) < 4.78 is 0. The Kier molecular flexibility index (Phi) is 7.28. The number of amides is 2. The number of hydrogen-bond acceptors (Lipinski definition) is 4. The minimum Gasteiger partial charge on any atom is -0.308 e. The van der Waals surface area contributed by atoms with E-state index in [-0.39, 0.29) is 6.04 Å². The Labute approximate surface area is 180 Å². The van der Waals surface area contributed by atoms with E-state index in [4.69, 9.17) is 28.2 Å².